The quantitative estimate of drug-likeness (QED) is 0.436. The van der Waals surface area contributed by atoms with E-state index >= 15 is 0 Å². The van der Waals surface area contributed by atoms with Gasteiger partial charge in [0.15, 0.2) is 5.60 Å². The van der Waals surface area contributed by atoms with E-state index in [2.05, 4.69) is 35.9 Å². The maximum absolute atomic E-state index is 12.3. The smallest absolute Gasteiger partial charge is 0.332 e. The molecule has 33 heavy (non-hydrogen) atoms. The van der Waals surface area contributed by atoms with Crippen LogP contribution in [-0.2, 0) is 9.53 Å². The van der Waals surface area contributed by atoms with Crippen LogP contribution in [0.5, 0.6) is 5.75 Å². The number of hydrogen-bond donors (Lipinski definition) is 0. The molecule has 0 bridgehead atoms. The Kier molecular flexibility index (Phi) is 8.00. The first-order chi connectivity index (χ1) is 15.9. The summed E-state index contributed by atoms with van der Waals surface area (Å²) in [6.07, 6.45) is 6.94. The van der Waals surface area contributed by atoms with Crippen LogP contribution < -0.4 is 4.74 Å². The van der Waals surface area contributed by atoms with Crippen LogP contribution in [0.1, 0.15) is 52.5 Å². The van der Waals surface area contributed by atoms with Gasteiger partial charge in [-0.1, -0.05) is 50.3 Å². The highest BCUT2D eigenvalue weighted by atomic mass is 16.6. The fraction of sp³-hybridized carbons (Fsp3) is 0.414. The Labute approximate surface area is 198 Å². The van der Waals surface area contributed by atoms with Crippen molar-refractivity contribution >= 4 is 16.7 Å². The molecule has 0 aliphatic carbocycles. The normalized spacial score (nSPS) is 23.1. The first kappa shape index (κ1) is 24.6. The predicted octanol–water partition coefficient (Wildman–Crippen LogP) is 5.90. The van der Waals surface area contributed by atoms with E-state index in [1.165, 1.54) is 6.42 Å². The van der Waals surface area contributed by atoms with Gasteiger partial charge in [-0.15, -0.1) is 0 Å². The van der Waals surface area contributed by atoms with Gasteiger partial charge in [-0.25, -0.2) is 4.79 Å². The molecule has 0 saturated carbocycles. The number of methoxy groups -OCH3 is 1. The minimum Gasteiger partial charge on any atom is -0.497 e. The number of esters is 1. The third kappa shape index (κ3) is 5.15. The van der Waals surface area contributed by atoms with Gasteiger partial charge >= 0.3 is 5.97 Å². The molecule has 174 valence electrons. The Bertz CT molecular complexity index is 1130. The number of ether oxygens (including phenoxy) is 2. The molecule has 1 unspecified atom stereocenters. The van der Waals surface area contributed by atoms with Crippen LogP contribution in [0.3, 0.4) is 0 Å². The number of piperidine rings is 1. The van der Waals surface area contributed by atoms with Gasteiger partial charge in [-0.05, 0) is 75.3 Å². The third-order valence-electron chi connectivity index (χ3n) is 6.48. The van der Waals surface area contributed by atoms with Crippen molar-refractivity contribution in [3.05, 3.63) is 65.3 Å². The summed E-state index contributed by atoms with van der Waals surface area (Å²) in [4.78, 5) is 14.6. The largest absolute Gasteiger partial charge is 0.497 e. The van der Waals surface area contributed by atoms with Crippen molar-refractivity contribution < 1.29 is 14.3 Å². The molecule has 0 amide bonds. The molecular weight excluding hydrogens is 410 g/mol. The lowest BCUT2D eigenvalue weighted by molar-refractivity contribution is -0.150. The van der Waals surface area contributed by atoms with Gasteiger partial charge in [0.25, 0.3) is 0 Å². The van der Waals surface area contributed by atoms with E-state index in [1.807, 2.05) is 58.0 Å². The lowest BCUT2D eigenvalue weighted by Crippen LogP contribution is -2.53. The number of likely N-dealkylation sites (tertiary alicyclic amines) is 1. The lowest BCUT2D eigenvalue weighted by atomic mass is 9.80. The number of allylic oxidation sites excluding steroid dienone is 1. The molecule has 0 aromatic heterocycles. The van der Waals surface area contributed by atoms with Crippen LogP contribution in [-0.4, -0.2) is 43.2 Å². The molecule has 1 saturated heterocycles. The van der Waals surface area contributed by atoms with E-state index in [-0.39, 0.29) is 12.0 Å². The number of likely N-dealkylation sites (N-methyl/N-ethyl adjacent to an activating group) is 1. The number of nitrogens with zero attached hydrogens (tertiary/aromatic N) is 1. The molecule has 2 heterocycles. The molecule has 2 atom stereocenters. The van der Waals surface area contributed by atoms with Crippen molar-refractivity contribution in [2.24, 2.45) is 0 Å². The van der Waals surface area contributed by atoms with Crippen LogP contribution >= 0.6 is 0 Å². The highest BCUT2D eigenvalue weighted by molar-refractivity contribution is 5.89. The molecule has 0 radical (unpaired) electrons. The van der Waals surface area contributed by atoms with E-state index in [4.69, 9.17) is 9.47 Å². The van der Waals surface area contributed by atoms with E-state index in [1.54, 1.807) is 13.2 Å². The zero-order valence-electron chi connectivity index (χ0n) is 20.7. The topological polar surface area (TPSA) is 38.8 Å². The molecular formula is C29H35NO3. The van der Waals surface area contributed by atoms with Gasteiger partial charge in [-0.2, -0.15) is 0 Å². The molecule has 2 aliphatic rings. The van der Waals surface area contributed by atoms with Gasteiger partial charge in [0, 0.05) is 22.8 Å². The summed E-state index contributed by atoms with van der Waals surface area (Å²) in [5, 5.41) is 2.23. The predicted molar refractivity (Wildman–Crippen MR) is 135 cm³/mol. The molecule has 2 aliphatic heterocycles. The van der Waals surface area contributed by atoms with Crippen molar-refractivity contribution in [1.29, 1.82) is 0 Å². The van der Waals surface area contributed by atoms with Gasteiger partial charge < -0.3 is 9.47 Å². The third-order valence-corrected chi connectivity index (χ3v) is 6.48. The van der Waals surface area contributed by atoms with Crippen LogP contribution in [0, 0.1) is 11.8 Å². The number of benzene rings is 2. The van der Waals surface area contributed by atoms with Crippen LogP contribution in [0.15, 0.2) is 59.7 Å². The summed E-state index contributed by atoms with van der Waals surface area (Å²) in [6.45, 7) is 9.01. The van der Waals surface area contributed by atoms with E-state index < -0.39 is 5.60 Å². The number of cyclic esters (lactones) is 1. The SMILES string of the molecule is C/C=C(/C#Cc1ccc2cc(OC)ccc2c1)C1=CC(=O)O[C@]1(C)C1CCCCN1C.CC. The first-order valence-electron chi connectivity index (χ1n) is 11.9. The fourth-order valence-corrected chi connectivity index (χ4v) is 4.78. The lowest BCUT2D eigenvalue weighted by Gasteiger charge is -2.43. The van der Waals surface area contributed by atoms with Crippen molar-refractivity contribution in [3.63, 3.8) is 0 Å². The average Bonchev–Trinajstić information content (AvgIpc) is 3.15. The molecule has 2 aromatic rings. The molecule has 1 fully saturated rings. The van der Waals surface area contributed by atoms with Crippen molar-refractivity contribution in [2.45, 2.75) is 58.6 Å². The Balaban J connectivity index is 0.00000149. The molecule has 4 heteroatoms. The molecule has 2 aromatic carbocycles. The Morgan fingerprint density at radius 3 is 2.61 bits per heavy atom. The Morgan fingerprint density at radius 1 is 1.18 bits per heavy atom. The number of carbonyl (C=O) groups excluding carboxylic acids is 1. The van der Waals surface area contributed by atoms with E-state index in [0.717, 1.165) is 52.6 Å². The number of hydrogen-bond acceptors (Lipinski definition) is 4. The maximum Gasteiger partial charge on any atom is 0.332 e. The molecule has 4 nitrogen and oxygen atoms in total. The summed E-state index contributed by atoms with van der Waals surface area (Å²) < 4.78 is 11.2. The van der Waals surface area contributed by atoms with E-state index in [0.29, 0.717) is 0 Å². The van der Waals surface area contributed by atoms with Gasteiger partial charge in [0.1, 0.15) is 5.75 Å². The second-order valence-electron chi connectivity index (χ2n) is 8.46. The van der Waals surface area contributed by atoms with Gasteiger partial charge in [0.05, 0.1) is 13.2 Å². The van der Waals surface area contributed by atoms with Crippen molar-refractivity contribution in [3.8, 4) is 17.6 Å². The second-order valence-corrected chi connectivity index (χ2v) is 8.46. The van der Waals surface area contributed by atoms with Crippen molar-refractivity contribution in [1.82, 2.24) is 4.90 Å². The summed E-state index contributed by atoms with van der Waals surface area (Å²) in [5.74, 6) is 7.16. The number of fused-ring (bicyclic) bond motifs is 1. The summed E-state index contributed by atoms with van der Waals surface area (Å²) in [6, 6.07) is 12.3. The monoisotopic (exact) mass is 445 g/mol. The zero-order chi connectivity index (χ0) is 24.0. The second kappa shape index (κ2) is 10.7. The van der Waals surface area contributed by atoms with E-state index in [9.17, 15) is 4.79 Å². The first-order valence-corrected chi connectivity index (χ1v) is 11.9. The molecule has 0 spiro atoms. The van der Waals surface area contributed by atoms with Gasteiger partial charge in [-0.3, -0.25) is 4.90 Å². The summed E-state index contributed by atoms with van der Waals surface area (Å²) in [7, 11) is 3.79. The van der Waals surface area contributed by atoms with Crippen LogP contribution in [0.4, 0.5) is 0 Å². The summed E-state index contributed by atoms with van der Waals surface area (Å²) >= 11 is 0. The number of rotatable bonds is 3. The van der Waals surface area contributed by atoms with Crippen LogP contribution in [0.2, 0.25) is 0 Å². The standard InChI is InChI=1S/C27H29NO3.C2H6/c1-5-20(11-9-19-10-12-22-17-23(30-4)14-13-21(22)16-19)24-18-26(29)31-27(24,2)25-8-6-7-15-28(25)3;1-2/h5,10,12-14,16-18,25H,6-8,15H2,1-4H3;1-2H3/b20-5-;/t25?,27-;/m0./s1. The average molecular weight is 446 g/mol. The number of carbonyl (C=O) groups is 1. The highest BCUT2D eigenvalue weighted by Crippen LogP contribution is 2.40. The molecule has 0 N–H and O–H groups in total. The van der Waals surface area contributed by atoms with Crippen molar-refractivity contribution in [2.75, 3.05) is 20.7 Å². The minimum atomic E-state index is -0.678. The fourth-order valence-electron chi connectivity index (χ4n) is 4.78. The maximum atomic E-state index is 12.3. The summed E-state index contributed by atoms with van der Waals surface area (Å²) in [5.41, 5.74) is 1.99. The molecule has 4 rings (SSSR count). The Morgan fingerprint density at radius 2 is 1.91 bits per heavy atom. The van der Waals surface area contributed by atoms with Crippen LogP contribution in [0.25, 0.3) is 10.8 Å². The highest BCUT2D eigenvalue weighted by Gasteiger charge is 2.48. The Hall–Kier alpha value is -3.03. The zero-order valence-corrected chi connectivity index (χ0v) is 20.7. The minimum absolute atomic E-state index is 0.159. The van der Waals surface area contributed by atoms with Gasteiger partial charge in [0.2, 0.25) is 0 Å².